The number of para-hydroxylation sites is 2. The predicted octanol–water partition coefficient (Wildman–Crippen LogP) is 4.93. The molecular weight excluding hydrogens is 356 g/mol. The van der Waals surface area contributed by atoms with E-state index in [9.17, 15) is 9.90 Å². The fraction of sp³-hybridized carbons (Fsp3) is 0. The first-order valence-corrected chi connectivity index (χ1v) is 9.24. The van der Waals surface area contributed by atoms with Crippen molar-refractivity contribution in [1.29, 1.82) is 0 Å². The Balaban J connectivity index is 1.76. The highest BCUT2D eigenvalue weighted by Gasteiger charge is 2.13. The second-order valence-electron chi connectivity index (χ2n) is 5.92. The molecule has 3 aromatic carbocycles. The van der Waals surface area contributed by atoms with Crippen LogP contribution in [0.3, 0.4) is 0 Å². The molecule has 0 aliphatic heterocycles. The van der Waals surface area contributed by atoms with Gasteiger partial charge >= 0.3 is 0 Å². The van der Waals surface area contributed by atoms with Crippen LogP contribution in [0, 0.1) is 0 Å². The van der Waals surface area contributed by atoms with Gasteiger partial charge in [0.25, 0.3) is 5.91 Å². The van der Waals surface area contributed by atoms with Crippen molar-refractivity contribution in [2.75, 3.05) is 0 Å². The molecule has 0 spiro atoms. The van der Waals surface area contributed by atoms with Crippen molar-refractivity contribution in [2.45, 2.75) is 0 Å². The molecule has 1 aromatic heterocycles. The summed E-state index contributed by atoms with van der Waals surface area (Å²) in [5.74, 6) is -0.149. The van der Waals surface area contributed by atoms with Crippen molar-refractivity contribution in [3.05, 3.63) is 95.0 Å². The van der Waals surface area contributed by atoms with E-state index in [4.69, 9.17) is 0 Å². The molecule has 0 unspecified atom stereocenters. The number of phenolic OH excluding ortho intramolecular Hbond substituents is 1. The molecule has 2 N–H and O–H groups in total. The van der Waals surface area contributed by atoms with Crippen LogP contribution in [0.2, 0.25) is 0 Å². The highest BCUT2D eigenvalue weighted by atomic mass is 32.1. The minimum Gasteiger partial charge on any atom is -0.507 e. The maximum atomic E-state index is 12.7. The molecule has 0 aliphatic carbocycles. The molecule has 132 valence electrons. The van der Waals surface area contributed by atoms with Crippen molar-refractivity contribution in [3.8, 4) is 5.75 Å². The van der Waals surface area contributed by atoms with Crippen LogP contribution in [0.4, 0.5) is 0 Å². The number of phenols is 1. The minimum absolute atomic E-state index is 0.0956. The van der Waals surface area contributed by atoms with Crippen molar-refractivity contribution >= 4 is 39.2 Å². The van der Waals surface area contributed by atoms with E-state index in [1.807, 2.05) is 48.5 Å². The number of rotatable bonds is 4. The SMILES string of the molecule is O=C(N/C(=C\c1nc2ccccc2s1)c1ccccc1O)c1ccccc1. The summed E-state index contributed by atoms with van der Waals surface area (Å²) in [6.45, 7) is 0. The first-order chi connectivity index (χ1) is 13.2. The Morgan fingerprint density at radius 3 is 2.41 bits per heavy atom. The first kappa shape index (κ1) is 17.0. The maximum absolute atomic E-state index is 12.7. The molecule has 27 heavy (non-hydrogen) atoms. The molecule has 4 rings (SSSR count). The van der Waals surface area contributed by atoms with Gasteiger partial charge in [-0.05, 0) is 42.5 Å². The van der Waals surface area contributed by atoms with E-state index in [2.05, 4.69) is 10.3 Å². The Morgan fingerprint density at radius 1 is 0.926 bits per heavy atom. The van der Waals surface area contributed by atoms with Gasteiger partial charge in [0.15, 0.2) is 0 Å². The van der Waals surface area contributed by atoms with E-state index in [0.717, 1.165) is 15.2 Å². The van der Waals surface area contributed by atoms with E-state index in [0.29, 0.717) is 16.8 Å². The van der Waals surface area contributed by atoms with E-state index in [-0.39, 0.29) is 11.7 Å². The van der Waals surface area contributed by atoms with Gasteiger partial charge in [0.1, 0.15) is 10.8 Å². The molecule has 0 saturated carbocycles. The minimum atomic E-state index is -0.244. The molecule has 1 heterocycles. The zero-order chi connectivity index (χ0) is 18.6. The van der Waals surface area contributed by atoms with E-state index in [1.54, 1.807) is 36.4 Å². The monoisotopic (exact) mass is 372 g/mol. The number of aromatic hydroxyl groups is 1. The molecular formula is C22H16N2O2S. The average molecular weight is 372 g/mol. The summed E-state index contributed by atoms with van der Waals surface area (Å²) in [7, 11) is 0. The number of thiazole rings is 1. The molecule has 1 amide bonds. The standard InChI is InChI=1S/C22H16N2O2S/c25-19-12-6-4-10-16(19)18(24-22(26)15-8-2-1-3-9-15)14-21-23-17-11-5-7-13-20(17)27-21/h1-14,25H,(H,24,26)/b18-14-. The maximum Gasteiger partial charge on any atom is 0.255 e. The fourth-order valence-electron chi connectivity index (χ4n) is 2.74. The van der Waals surface area contributed by atoms with Gasteiger partial charge in [-0.3, -0.25) is 4.79 Å². The number of nitrogens with one attached hydrogen (secondary N) is 1. The van der Waals surface area contributed by atoms with Gasteiger partial charge in [0.2, 0.25) is 0 Å². The Kier molecular flexibility index (Phi) is 4.68. The van der Waals surface area contributed by atoms with Crippen LogP contribution >= 0.6 is 11.3 Å². The number of fused-ring (bicyclic) bond motifs is 1. The highest BCUT2D eigenvalue weighted by molar-refractivity contribution is 7.19. The number of amides is 1. The van der Waals surface area contributed by atoms with Crippen LogP contribution in [-0.4, -0.2) is 16.0 Å². The largest absolute Gasteiger partial charge is 0.507 e. The molecule has 0 bridgehead atoms. The number of aromatic nitrogens is 1. The lowest BCUT2D eigenvalue weighted by Gasteiger charge is -2.11. The van der Waals surface area contributed by atoms with E-state index < -0.39 is 0 Å². The summed E-state index contributed by atoms with van der Waals surface area (Å²) in [6.07, 6.45) is 1.79. The van der Waals surface area contributed by atoms with Crippen LogP contribution in [0.25, 0.3) is 22.0 Å². The number of carbonyl (C=O) groups excluding carboxylic acids is 1. The fourth-order valence-corrected chi connectivity index (χ4v) is 3.65. The Bertz CT molecular complexity index is 1100. The van der Waals surface area contributed by atoms with Gasteiger partial charge in [-0.1, -0.05) is 42.5 Å². The van der Waals surface area contributed by atoms with Crippen molar-refractivity contribution in [3.63, 3.8) is 0 Å². The molecule has 4 nitrogen and oxygen atoms in total. The van der Waals surface area contributed by atoms with Gasteiger partial charge in [0.05, 0.1) is 15.9 Å². The molecule has 0 atom stereocenters. The van der Waals surface area contributed by atoms with Crippen LogP contribution in [-0.2, 0) is 0 Å². The quantitative estimate of drug-likeness (QED) is 0.534. The van der Waals surface area contributed by atoms with Crippen LogP contribution in [0.1, 0.15) is 20.9 Å². The molecule has 0 radical (unpaired) electrons. The van der Waals surface area contributed by atoms with E-state index in [1.165, 1.54) is 11.3 Å². The Morgan fingerprint density at radius 2 is 1.63 bits per heavy atom. The summed E-state index contributed by atoms with van der Waals surface area (Å²) in [4.78, 5) is 17.2. The molecule has 0 saturated heterocycles. The van der Waals surface area contributed by atoms with Crippen LogP contribution in [0.15, 0.2) is 78.9 Å². The summed E-state index contributed by atoms with van der Waals surface area (Å²) in [6, 6.07) is 23.8. The Hall–Kier alpha value is -3.44. The predicted molar refractivity (Wildman–Crippen MR) is 110 cm³/mol. The van der Waals surface area contributed by atoms with Crippen LogP contribution < -0.4 is 5.32 Å². The highest BCUT2D eigenvalue weighted by Crippen LogP contribution is 2.28. The summed E-state index contributed by atoms with van der Waals surface area (Å²) in [5, 5.41) is 13.9. The number of benzene rings is 3. The lowest BCUT2D eigenvalue weighted by atomic mass is 10.1. The molecule has 0 fully saturated rings. The second kappa shape index (κ2) is 7.43. The summed E-state index contributed by atoms with van der Waals surface area (Å²) >= 11 is 1.53. The van der Waals surface area contributed by atoms with Gasteiger partial charge < -0.3 is 10.4 Å². The third kappa shape index (κ3) is 3.73. The topological polar surface area (TPSA) is 62.2 Å². The Labute approximate surface area is 160 Å². The number of hydrogen-bond donors (Lipinski definition) is 2. The lowest BCUT2D eigenvalue weighted by molar-refractivity contribution is 0.0974. The summed E-state index contributed by atoms with van der Waals surface area (Å²) < 4.78 is 1.06. The van der Waals surface area contributed by atoms with Crippen molar-refractivity contribution in [1.82, 2.24) is 10.3 Å². The van der Waals surface area contributed by atoms with Gasteiger partial charge in [-0.25, -0.2) is 4.98 Å². The normalized spacial score (nSPS) is 11.5. The summed E-state index contributed by atoms with van der Waals surface area (Å²) in [5.41, 5.74) is 2.49. The molecule has 4 aromatic rings. The second-order valence-corrected chi connectivity index (χ2v) is 6.98. The zero-order valence-electron chi connectivity index (χ0n) is 14.3. The van der Waals surface area contributed by atoms with E-state index >= 15 is 0 Å². The number of nitrogens with zero attached hydrogens (tertiary/aromatic N) is 1. The molecule has 5 heteroatoms. The van der Waals surface area contributed by atoms with Crippen molar-refractivity contribution in [2.24, 2.45) is 0 Å². The third-order valence-electron chi connectivity index (χ3n) is 4.06. The number of hydrogen-bond acceptors (Lipinski definition) is 4. The van der Waals surface area contributed by atoms with Crippen molar-refractivity contribution < 1.29 is 9.90 Å². The first-order valence-electron chi connectivity index (χ1n) is 8.43. The van der Waals surface area contributed by atoms with Crippen LogP contribution in [0.5, 0.6) is 5.75 Å². The smallest absolute Gasteiger partial charge is 0.255 e. The zero-order valence-corrected chi connectivity index (χ0v) is 15.1. The third-order valence-corrected chi connectivity index (χ3v) is 5.04. The van der Waals surface area contributed by atoms with Gasteiger partial charge in [-0.15, -0.1) is 11.3 Å². The molecule has 0 aliphatic rings. The number of carbonyl (C=O) groups is 1. The average Bonchev–Trinajstić information content (AvgIpc) is 3.11. The lowest BCUT2D eigenvalue weighted by Crippen LogP contribution is -2.21. The van der Waals surface area contributed by atoms with Gasteiger partial charge in [-0.2, -0.15) is 0 Å². The van der Waals surface area contributed by atoms with Gasteiger partial charge in [0, 0.05) is 11.1 Å².